The molecule has 2 unspecified atom stereocenters. The fraction of sp³-hybridized carbons (Fsp3) is 0.375. The van der Waals surface area contributed by atoms with Gasteiger partial charge in [-0.3, -0.25) is 9.59 Å². The zero-order valence-corrected chi connectivity index (χ0v) is 10.7. The highest BCUT2D eigenvalue weighted by Gasteiger charge is 2.36. The van der Waals surface area contributed by atoms with Crippen LogP contribution < -0.4 is 0 Å². The van der Waals surface area contributed by atoms with Crippen LogP contribution in [0.5, 0.6) is 0 Å². The molecule has 2 heteroatoms. The average molecular weight is 240 g/mol. The van der Waals surface area contributed by atoms with Crippen molar-refractivity contribution in [2.75, 3.05) is 0 Å². The van der Waals surface area contributed by atoms with Crippen molar-refractivity contribution >= 4 is 11.6 Å². The SMILES string of the molecule is CC1CC2=C(CC1C)C(=O)c1ccccc1C2=O. The van der Waals surface area contributed by atoms with E-state index in [9.17, 15) is 9.59 Å². The van der Waals surface area contributed by atoms with Crippen LogP contribution in [0.25, 0.3) is 0 Å². The Morgan fingerprint density at radius 1 is 0.833 bits per heavy atom. The Bertz CT molecular complexity index is 530. The Hall–Kier alpha value is -1.70. The Kier molecular flexibility index (Phi) is 2.47. The topological polar surface area (TPSA) is 34.1 Å². The van der Waals surface area contributed by atoms with Crippen LogP contribution in [0.4, 0.5) is 0 Å². The number of benzene rings is 1. The first-order valence-electron chi connectivity index (χ1n) is 6.50. The van der Waals surface area contributed by atoms with Gasteiger partial charge in [-0.1, -0.05) is 38.1 Å². The first-order valence-corrected chi connectivity index (χ1v) is 6.50. The molecule has 0 N–H and O–H groups in total. The molecule has 2 nitrogen and oxygen atoms in total. The molecule has 2 aliphatic carbocycles. The van der Waals surface area contributed by atoms with Crippen molar-refractivity contribution < 1.29 is 9.59 Å². The van der Waals surface area contributed by atoms with Gasteiger partial charge in [-0.2, -0.15) is 0 Å². The Labute approximate surface area is 107 Å². The molecule has 18 heavy (non-hydrogen) atoms. The number of carbonyl (C=O) groups excluding carboxylic acids is 2. The van der Waals surface area contributed by atoms with Gasteiger partial charge in [0.2, 0.25) is 0 Å². The van der Waals surface area contributed by atoms with Gasteiger partial charge >= 0.3 is 0 Å². The molecule has 0 aliphatic heterocycles. The summed E-state index contributed by atoms with van der Waals surface area (Å²) in [6.07, 6.45) is 1.49. The van der Waals surface area contributed by atoms with Gasteiger partial charge in [0, 0.05) is 22.3 Å². The molecule has 0 radical (unpaired) electrons. The van der Waals surface area contributed by atoms with E-state index in [2.05, 4.69) is 13.8 Å². The summed E-state index contributed by atoms with van der Waals surface area (Å²) in [5.74, 6) is 1.09. The number of Topliss-reactive ketones (excluding diaryl/α,β-unsaturated/α-hetero) is 2. The van der Waals surface area contributed by atoms with Gasteiger partial charge in [-0.15, -0.1) is 0 Å². The fourth-order valence-corrected chi connectivity index (χ4v) is 2.96. The molecule has 0 fully saturated rings. The normalized spacial score (nSPS) is 27.0. The third kappa shape index (κ3) is 1.48. The van der Waals surface area contributed by atoms with Crippen molar-refractivity contribution in [2.45, 2.75) is 26.7 Å². The molecule has 0 heterocycles. The van der Waals surface area contributed by atoms with Crippen molar-refractivity contribution in [2.24, 2.45) is 11.8 Å². The number of hydrogen-bond acceptors (Lipinski definition) is 2. The van der Waals surface area contributed by atoms with E-state index in [-0.39, 0.29) is 11.6 Å². The highest BCUT2D eigenvalue weighted by atomic mass is 16.1. The van der Waals surface area contributed by atoms with E-state index in [0.29, 0.717) is 23.0 Å². The van der Waals surface area contributed by atoms with Crippen molar-refractivity contribution in [3.63, 3.8) is 0 Å². The van der Waals surface area contributed by atoms with Crippen molar-refractivity contribution in [1.29, 1.82) is 0 Å². The summed E-state index contributed by atoms with van der Waals surface area (Å²) in [5.41, 5.74) is 2.71. The van der Waals surface area contributed by atoms with Crippen molar-refractivity contribution in [3.05, 3.63) is 46.5 Å². The lowest BCUT2D eigenvalue weighted by atomic mass is 9.70. The fourth-order valence-electron chi connectivity index (χ4n) is 2.96. The number of rotatable bonds is 0. The Morgan fingerprint density at radius 2 is 1.22 bits per heavy atom. The van der Waals surface area contributed by atoms with E-state index in [1.807, 2.05) is 12.1 Å². The molecule has 0 amide bonds. The first-order chi connectivity index (χ1) is 8.59. The third-order valence-electron chi connectivity index (χ3n) is 4.35. The molecular weight excluding hydrogens is 224 g/mol. The van der Waals surface area contributed by atoms with Crippen LogP contribution in [0.3, 0.4) is 0 Å². The molecule has 2 atom stereocenters. The second kappa shape index (κ2) is 3.91. The maximum atomic E-state index is 12.4. The number of fused-ring (bicyclic) bond motifs is 1. The Balaban J connectivity index is 2.16. The molecule has 0 aromatic heterocycles. The quantitative estimate of drug-likeness (QED) is 0.696. The van der Waals surface area contributed by atoms with E-state index in [1.165, 1.54) is 0 Å². The summed E-state index contributed by atoms with van der Waals surface area (Å²) in [7, 11) is 0. The molecule has 0 saturated heterocycles. The number of hydrogen-bond donors (Lipinski definition) is 0. The molecule has 0 spiro atoms. The summed E-state index contributed by atoms with van der Waals surface area (Å²) >= 11 is 0. The minimum atomic E-state index is 0.0685. The van der Waals surface area contributed by atoms with Crippen LogP contribution in [0, 0.1) is 11.8 Å². The predicted octanol–water partition coefficient (Wildman–Crippen LogP) is 3.43. The summed E-state index contributed by atoms with van der Waals surface area (Å²) in [6.45, 7) is 4.32. The molecule has 0 saturated carbocycles. The van der Waals surface area contributed by atoms with Gasteiger partial charge < -0.3 is 0 Å². The molecular formula is C16H16O2. The van der Waals surface area contributed by atoms with E-state index >= 15 is 0 Å². The van der Waals surface area contributed by atoms with Crippen LogP contribution in [-0.2, 0) is 0 Å². The Morgan fingerprint density at radius 3 is 1.61 bits per heavy atom. The maximum Gasteiger partial charge on any atom is 0.190 e. The second-order valence-electron chi connectivity index (χ2n) is 5.52. The zero-order valence-electron chi connectivity index (χ0n) is 10.7. The van der Waals surface area contributed by atoms with E-state index in [0.717, 1.165) is 24.0 Å². The van der Waals surface area contributed by atoms with Gasteiger partial charge in [-0.25, -0.2) is 0 Å². The predicted molar refractivity (Wildman–Crippen MR) is 69.7 cm³/mol. The first kappa shape index (κ1) is 11.4. The lowest BCUT2D eigenvalue weighted by molar-refractivity contribution is 0.0952. The summed E-state index contributed by atoms with van der Waals surface area (Å²) in [6, 6.07) is 7.18. The summed E-state index contributed by atoms with van der Waals surface area (Å²) < 4.78 is 0. The van der Waals surface area contributed by atoms with E-state index in [4.69, 9.17) is 0 Å². The highest BCUT2D eigenvalue weighted by Crippen LogP contribution is 2.40. The number of carbonyl (C=O) groups is 2. The van der Waals surface area contributed by atoms with Gasteiger partial charge in [0.15, 0.2) is 11.6 Å². The van der Waals surface area contributed by atoms with Crippen LogP contribution in [0.1, 0.15) is 47.4 Å². The van der Waals surface area contributed by atoms with Crippen LogP contribution in [-0.4, -0.2) is 11.6 Å². The number of allylic oxidation sites excluding steroid dienone is 2. The molecule has 92 valence electrons. The lowest BCUT2D eigenvalue weighted by Gasteiger charge is -2.32. The maximum absolute atomic E-state index is 12.4. The van der Waals surface area contributed by atoms with Crippen LogP contribution in [0.2, 0.25) is 0 Å². The average Bonchev–Trinajstić information content (AvgIpc) is 2.38. The molecule has 0 bridgehead atoms. The highest BCUT2D eigenvalue weighted by molar-refractivity contribution is 6.27. The minimum Gasteiger partial charge on any atom is -0.289 e. The van der Waals surface area contributed by atoms with Gasteiger partial charge in [-0.05, 0) is 24.7 Å². The molecule has 2 aliphatic rings. The summed E-state index contributed by atoms with van der Waals surface area (Å²) in [4.78, 5) is 24.9. The second-order valence-corrected chi connectivity index (χ2v) is 5.52. The third-order valence-corrected chi connectivity index (χ3v) is 4.35. The van der Waals surface area contributed by atoms with Crippen LogP contribution >= 0.6 is 0 Å². The van der Waals surface area contributed by atoms with E-state index in [1.54, 1.807) is 12.1 Å². The zero-order chi connectivity index (χ0) is 12.9. The monoisotopic (exact) mass is 240 g/mol. The molecule has 3 rings (SSSR count). The van der Waals surface area contributed by atoms with Crippen LogP contribution in [0.15, 0.2) is 35.4 Å². The number of ketones is 2. The van der Waals surface area contributed by atoms with Gasteiger partial charge in [0.1, 0.15) is 0 Å². The molecule has 1 aromatic carbocycles. The van der Waals surface area contributed by atoms with Gasteiger partial charge in [0.05, 0.1) is 0 Å². The minimum absolute atomic E-state index is 0.0685. The lowest BCUT2D eigenvalue weighted by Crippen LogP contribution is -2.29. The van der Waals surface area contributed by atoms with E-state index < -0.39 is 0 Å². The van der Waals surface area contributed by atoms with Crippen molar-refractivity contribution in [3.8, 4) is 0 Å². The smallest absolute Gasteiger partial charge is 0.190 e. The molecule has 1 aromatic rings. The van der Waals surface area contributed by atoms with Gasteiger partial charge in [0.25, 0.3) is 0 Å². The largest absolute Gasteiger partial charge is 0.289 e. The van der Waals surface area contributed by atoms with Crippen molar-refractivity contribution in [1.82, 2.24) is 0 Å². The summed E-state index contributed by atoms with van der Waals surface area (Å²) in [5, 5.41) is 0. The standard InChI is InChI=1S/C16H16O2/c1-9-7-13-14(8-10(9)2)16(18)12-6-4-3-5-11(12)15(13)17/h3-6,9-10H,7-8H2,1-2H3.